The van der Waals surface area contributed by atoms with Gasteiger partial charge in [0.25, 0.3) is 5.91 Å². The molecular weight excluding hydrogens is 302 g/mol. The molecule has 108 valence electrons. The third-order valence-electron chi connectivity index (χ3n) is 3.07. The average molecular weight is 316 g/mol. The molecular formula is C12H14ClN3O3S. The van der Waals surface area contributed by atoms with Crippen LogP contribution in [0.15, 0.2) is 23.1 Å². The van der Waals surface area contributed by atoms with E-state index in [2.05, 4.69) is 4.98 Å². The normalized spacial score (nSPS) is 12.2. The smallest absolute Gasteiger partial charge is 0.266 e. The largest absolute Gasteiger partial charge is 0.364 e. The van der Waals surface area contributed by atoms with Gasteiger partial charge in [-0.25, -0.2) is 12.7 Å². The first-order valence-electron chi connectivity index (χ1n) is 5.86. The summed E-state index contributed by atoms with van der Waals surface area (Å²) in [6.07, 6.45) is 0. The Morgan fingerprint density at radius 2 is 2.10 bits per heavy atom. The summed E-state index contributed by atoms with van der Waals surface area (Å²) in [7, 11) is -2.39. The number of carbonyl (C=O) groups is 1. The quantitative estimate of drug-likeness (QED) is 0.896. The third kappa shape index (κ3) is 2.28. The Morgan fingerprint density at radius 3 is 2.65 bits per heavy atom. The van der Waals surface area contributed by atoms with Gasteiger partial charge in [-0.1, -0.05) is 18.5 Å². The highest BCUT2D eigenvalue weighted by molar-refractivity contribution is 7.89. The number of nitrogens with one attached hydrogen (secondary N) is 1. The molecule has 0 saturated heterocycles. The van der Waals surface area contributed by atoms with Gasteiger partial charge in [-0.15, -0.1) is 0 Å². The number of aromatic nitrogens is 1. The number of amides is 1. The van der Waals surface area contributed by atoms with Crippen molar-refractivity contribution >= 4 is 38.4 Å². The number of benzene rings is 1. The van der Waals surface area contributed by atoms with Crippen LogP contribution >= 0.6 is 11.6 Å². The zero-order chi connectivity index (χ0) is 15.1. The highest BCUT2D eigenvalue weighted by Gasteiger charge is 2.29. The molecule has 0 spiro atoms. The van der Waals surface area contributed by atoms with E-state index in [1.54, 1.807) is 19.1 Å². The van der Waals surface area contributed by atoms with Crippen LogP contribution in [0.3, 0.4) is 0 Å². The molecule has 1 aromatic heterocycles. The van der Waals surface area contributed by atoms with Gasteiger partial charge >= 0.3 is 0 Å². The van der Waals surface area contributed by atoms with Crippen LogP contribution < -0.4 is 5.73 Å². The van der Waals surface area contributed by atoms with Crippen LogP contribution in [0.4, 0.5) is 0 Å². The number of carbonyl (C=O) groups excluding carboxylic acids is 1. The van der Waals surface area contributed by atoms with E-state index in [1.165, 1.54) is 13.1 Å². The Hall–Kier alpha value is -1.57. The van der Waals surface area contributed by atoms with Gasteiger partial charge in [-0.2, -0.15) is 0 Å². The first-order valence-corrected chi connectivity index (χ1v) is 7.68. The second-order valence-corrected chi connectivity index (χ2v) is 6.72. The van der Waals surface area contributed by atoms with Crippen LogP contribution in [0.25, 0.3) is 10.9 Å². The number of hydrogen-bond donors (Lipinski definition) is 2. The molecule has 0 saturated carbocycles. The number of sulfonamides is 1. The SMILES string of the molecule is CCN(C)S(=O)(=O)c1c(C(N)=O)[nH]c2ccc(Cl)cc12. The van der Waals surface area contributed by atoms with Gasteiger partial charge in [0, 0.05) is 29.5 Å². The highest BCUT2D eigenvalue weighted by Crippen LogP contribution is 2.30. The lowest BCUT2D eigenvalue weighted by atomic mass is 10.2. The zero-order valence-corrected chi connectivity index (χ0v) is 12.5. The molecule has 0 aliphatic heterocycles. The van der Waals surface area contributed by atoms with Crippen molar-refractivity contribution in [2.75, 3.05) is 13.6 Å². The summed E-state index contributed by atoms with van der Waals surface area (Å²) in [6.45, 7) is 1.97. The molecule has 0 atom stereocenters. The molecule has 1 amide bonds. The second-order valence-electron chi connectivity index (χ2n) is 4.30. The fourth-order valence-electron chi connectivity index (χ4n) is 1.91. The number of nitrogens with zero attached hydrogens (tertiary/aromatic N) is 1. The number of aromatic amines is 1. The molecule has 0 aliphatic carbocycles. The third-order valence-corrected chi connectivity index (χ3v) is 5.33. The van der Waals surface area contributed by atoms with Crippen molar-refractivity contribution in [1.29, 1.82) is 0 Å². The summed E-state index contributed by atoms with van der Waals surface area (Å²) in [6, 6.07) is 4.70. The summed E-state index contributed by atoms with van der Waals surface area (Å²) >= 11 is 5.90. The van der Waals surface area contributed by atoms with E-state index in [1.807, 2.05) is 0 Å². The molecule has 1 aromatic carbocycles. The molecule has 0 bridgehead atoms. The number of fused-ring (bicyclic) bond motifs is 1. The number of hydrogen-bond acceptors (Lipinski definition) is 3. The van der Waals surface area contributed by atoms with E-state index in [0.29, 0.717) is 15.9 Å². The minimum absolute atomic E-state index is 0.133. The van der Waals surface area contributed by atoms with Gasteiger partial charge in [-0.3, -0.25) is 4.79 Å². The monoisotopic (exact) mass is 315 g/mol. The van der Waals surface area contributed by atoms with Gasteiger partial charge in [0.05, 0.1) is 0 Å². The Bertz CT molecular complexity index is 783. The molecule has 2 aromatic rings. The lowest BCUT2D eigenvalue weighted by molar-refractivity contribution is 0.0993. The van der Waals surface area contributed by atoms with Crippen LogP contribution in [-0.2, 0) is 10.0 Å². The van der Waals surface area contributed by atoms with Crippen molar-refractivity contribution in [3.63, 3.8) is 0 Å². The van der Waals surface area contributed by atoms with Gasteiger partial charge in [0.2, 0.25) is 10.0 Å². The molecule has 0 fully saturated rings. The molecule has 2 rings (SSSR count). The van der Waals surface area contributed by atoms with Crippen LogP contribution in [0.5, 0.6) is 0 Å². The van der Waals surface area contributed by atoms with Crippen molar-refractivity contribution in [2.24, 2.45) is 5.73 Å². The maximum absolute atomic E-state index is 12.5. The fraction of sp³-hybridized carbons (Fsp3) is 0.250. The zero-order valence-electron chi connectivity index (χ0n) is 11.0. The van der Waals surface area contributed by atoms with Crippen molar-refractivity contribution in [1.82, 2.24) is 9.29 Å². The van der Waals surface area contributed by atoms with Crippen molar-refractivity contribution < 1.29 is 13.2 Å². The maximum atomic E-state index is 12.5. The molecule has 8 heteroatoms. The number of H-pyrrole nitrogens is 1. The summed E-state index contributed by atoms with van der Waals surface area (Å²) in [5, 5.41) is 0.731. The minimum atomic E-state index is -3.82. The van der Waals surface area contributed by atoms with Gasteiger partial charge < -0.3 is 10.7 Å². The van der Waals surface area contributed by atoms with E-state index in [4.69, 9.17) is 17.3 Å². The van der Waals surface area contributed by atoms with E-state index >= 15 is 0 Å². The number of rotatable bonds is 4. The summed E-state index contributed by atoms with van der Waals surface area (Å²) in [5.74, 6) is -0.833. The molecule has 0 unspecified atom stereocenters. The summed E-state index contributed by atoms with van der Waals surface area (Å²) < 4.78 is 26.2. The maximum Gasteiger partial charge on any atom is 0.266 e. The second kappa shape index (κ2) is 5.08. The summed E-state index contributed by atoms with van der Waals surface area (Å²) in [5.41, 5.74) is 5.62. The van der Waals surface area contributed by atoms with Crippen molar-refractivity contribution in [2.45, 2.75) is 11.8 Å². The average Bonchev–Trinajstić information content (AvgIpc) is 2.76. The predicted molar refractivity (Wildman–Crippen MR) is 77.3 cm³/mol. The molecule has 0 aliphatic rings. The highest BCUT2D eigenvalue weighted by atomic mass is 35.5. The molecule has 3 N–H and O–H groups in total. The first-order chi connectivity index (χ1) is 9.28. The lowest BCUT2D eigenvalue weighted by Crippen LogP contribution is -2.28. The van der Waals surface area contributed by atoms with Crippen molar-refractivity contribution in [3.8, 4) is 0 Å². The van der Waals surface area contributed by atoms with E-state index in [9.17, 15) is 13.2 Å². The fourth-order valence-corrected chi connectivity index (χ4v) is 3.59. The minimum Gasteiger partial charge on any atom is -0.364 e. The van der Waals surface area contributed by atoms with Gasteiger partial charge in [0.1, 0.15) is 10.6 Å². The Morgan fingerprint density at radius 1 is 1.45 bits per heavy atom. The lowest BCUT2D eigenvalue weighted by Gasteiger charge is -2.15. The molecule has 20 heavy (non-hydrogen) atoms. The van der Waals surface area contributed by atoms with Crippen LogP contribution in [0.2, 0.25) is 5.02 Å². The summed E-state index contributed by atoms with van der Waals surface area (Å²) in [4.78, 5) is 14.1. The first kappa shape index (κ1) is 14.8. The predicted octanol–water partition coefficient (Wildman–Crippen LogP) is 1.56. The number of nitrogens with two attached hydrogens (primary N) is 1. The van der Waals surface area contributed by atoms with Crippen LogP contribution in [0.1, 0.15) is 17.4 Å². The van der Waals surface area contributed by atoms with E-state index in [0.717, 1.165) is 4.31 Å². The molecule has 1 heterocycles. The Labute approximate surface area is 121 Å². The van der Waals surface area contributed by atoms with Crippen molar-refractivity contribution in [3.05, 3.63) is 28.9 Å². The van der Waals surface area contributed by atoms with Gasteiger partial charge in [-0.05, 0) is 18.2 Å². The Kier molecular flexibility index (Phi) is 3.77. The molecule has 6 nitrogen and oxygen atoms in total. The van der Waals surface area contributed by atoms with E-state index in [-0.39, 0.29) is 17.1 Å². The van der Waals surface area contributed by atoms with Crippen LogP contribution in [0, 0.1) is 0 Å². The van der Waals surface area contributed by atoms with E-state index < -0.39 is 15.9 Å². The number of halogens is 1. The topological polar surface area (TPSA) is 96.3 Å². The molecule has 0 radical (unpaired) electrons. The van der Waals surface area contributed by atoms with Gasteiger partial charge in [0.15, 0.2) is 0 Å². The number of primary amides is 1. The Balaban J connectivity index is 2.88. The van der Waals surface area contributed by atoms with Crippen LogP contribution in [-0.4, -0.2) is 37.2 Å². The standard InChI is InChI=1S/C12H14ClN3O3S/c1-3-16(2)20(18,19)11-8-6-7(13)4-5-9(8)15-10(11)12(14)17/h4-6,15H,3H2,1-2H3,(H2,14,17).